The number of rotatable bonds is 8. The summed E-state index contributed by atoms with van der Waals surface area (Å²) in [6.45, 7) is 3.88. The summed E-state index contributed by atoms with van der Waals surface area (Å²) in [4.78, 5) is 10.5. The van der Waals surface area contributed by atoms with E-state index in [4.69, 9.17) is 15.6 Å². The summed E-state index contributed by atoms with van der Waals surface area (Å²) in [7, 11) is 0. The van der Waals surface area contributed by atoms with Crippen molar-refractivity contribution in [2.75, 3.05) is 13.2 Å². The SMILES string of the molecule is CCOc1ccc(CNCCC(N)C(=O)O)cc1. The lowest BCUT2D eigenvalue weighted by Crippen LogP contribution is -2.33. The molecule has 0 bridgehead atoms. The highest BCUT2D eigenvalue weighted by atomic mass is 16.5. The molecule has 0 radical (unpaired) electrons. The predicted molar refractivity (Wildman–Crippen MR) is 69.5 cm³/mol. The van der Waals surface area contributed by atoms with Gasteiger partial charge in [-0.2, -0.15) is 0 Å². The van der Waals surface area contributed by atoms with Gasteiger partial charge in [0.25, 0.3) is 0 Å². The molecule has 1 aromatic carbocycles. The number of hydrogen-bond donors (Lipinski definition) is 3. The molecule has 100 valence electrons. The van der Waals surface area contributed by atoms with Gasteiger partial charge in [-0.3, -0.25) is 4.79 Å². The molecule has 5 nitrogen and oxygen atoms in total. The second kappa shape index (κ2) is 7.68. The zero-order valence-corrected chi connectivity index (χ0v) is 10.6. The third kappa shape index (κ3) is 5.16. The highest BCUT2D eigenvalue weighted by Crippen LogP contribution is 2.11. The van der Waals surface area contributed by atoms with Crippen molar-refractivity contribution in [3.63, 3.8) is 0 Å². The van der Waals surface area contributed by atoms with Gasteiger partial charge in [0.1, 0.15) is 11.8 Å². The summed E-state index contributed by atoms with van der Waals surface area (Å²) in [6.07, 6.45) is 0.423. The van der Waals surface area contributed by atoms with Gasteiger partial charge in [-0.25, -0.2) is 0 Å². The molecule has 0 saturated heterocycles. The Hall–Kier alpha value is -1.59. The van der Waals surface area contributed by atoms with Crippen molar-refractivity contribution < 1.29 is 14.6 Å². The fourth-order valence-electron chi connectivity index (χ4n) is 1.48. The van der Waals surface area contributed by atoms with Crippen LogP contribution in [0.2, 0.25) is 0 Å². The Morgan fingerprint density at radius 1 is 1.44 bits per heavy atom. The third-order valence-corrected chi connectivity index (χ3v) is 2.51. The van der Waals surface area contributed by atoms with Crippen molar-refractivity contribution in [3.8, 4) is 5.75 Å². The molecular formula is C13H20N2O3. The number of carboxylic acids is 1. The quantitative estimate of drug-likeness (QED) is 0.600. The summed E-state index contributed by atoms with van der Waals surface area (Å²) in [5.41, 5.74) is 6.52. The van der Waals surface area contributed by atoms with Gasteiger partial charge in [0.05, 0.1) is 6.61 Å². The summed E-state index contributed by atoms with van der Waals surface area (Å²) in [6, 6.07) is 7.01. The van der Waals surface area contributed by atoms with Gasteiger partial charge in [-0.05, 0) is 37.6 Å². The standard InChI is InChI=1S/C13H20N2O3/c1-2-18-11-5-3-10(4-6-11)9-15-8-7-12(14)13(16)17/h3-6,12,15H,2,7-9,14H2,1H3,(H,16,17). The Morgan fingerprint density at radius 2 is 2.11 bits per heavy atom. The Labute approximate surface area is 107 Å². The normalized spacial score (nSPS) is 12.1. The number of aliphatic carboxylic acids is 1. The van der Waals surface area contributed by atoms with Crippen LogP contribution in [0.5, 0.6) is 5.75 Å². The van der Waals surface area contributed by atoms with E-state index in [0.29, 0.717) is 26.1 Å². The minimum atomic E-state index is -0.960. The average Bonchev–Trinajstić information content (AvgIpc) is 2.36. The van der Waals surface area contributed by atoms with E-state index in [1.54, 1.807) is 0 Å². The number of carbonyl (C=O) groups is 1. The first kappa shape index (κ1) is 14.5. The molecule has 0 aromatic heterocycles. The maximum atomic E-state index is 10.5. The molecule has 0 aliphatic heterocycles. The van der Waals surface area contributed by atoms with Gasteiger partial charge in [0.2, 0.25) is 0 Å². The van der Waals surface area contributed by atoms with E-state index in [-0.39, 0.29) is 0 Å². The number of nitrogens with one attached hydrogen (secondary N) is 1. The molecule has 0 fully saturated rings. The molecule has 18 heavy (non-hydrogen) atoms. The molecular weight excluding hydrogens is 232 g/mol. The topological polar surface area (TPSA) is 84.6 Å². The van der Waals surface area contributed by atoms with E-state index < -0.39 is 12.0 Å². The van der Waals surface area contributed by atoms with Gasteiger partial charge < -0.3 is 20.9 Å². The number of carboxylic acid groups (broad SMARTS) is 1. The van der Waals surface area contributed by atoms with Crippen LogP contribution < -0.4 is 15.8 Å². The van der Waals surface area contributed by atoms with Crippen LogP contribution in [0.1, 0.15) is 18.9 Å². The van der Waals surface area contributed by atoms with Crippen LogP contribution in [0.15, 0.2) is 24.3 Å². The van der Waals surface area contributed by atoms with Gasteiger partial charge >= 0.3 is 5.97 Å². The van der Waals surface area contributed by atoms with Crippen LogP contribution in [0.3, 0.4) is 0 Å². The summed E-state index contributed by atoms with van der Waals surface area (Å²) < 4.78 is 5.34. The van der Waals surface area contributed by atoms with Crippen molar-refractivity contribution in [1.29, 1.82) is 0 Å². The third-order valence-electron chi connectivity index (χ3n) is 2.51. The molecule has 0 aliphatic carbocycles. The van der Waals surface area contributed by atoms with Crippen molar-refractivity contribution >= 4 is 5.97 Å². The molecule has 1 unspecified atom stereocenters. The molecule has 1 atom stereocenters. The van der Waals surface area contributed by atoms with Crippen molar-refractivity contribution in [2.45, 2.75) is 25.9 Å². The maximum absolute atomic E-state index is 10.5. The zero-order valence-electron chi connectivity index (χ0n) is 10.6. The van der Waals surface area contributed by atoms with Crippen LogP contribution in [0, 0.1) is 0 Å². The fraction of sp³-hybridized carbons (Fsp3) is 0.462. The molecule has 0 saturated carbocycles. The smallest absolute Gasteiger partial charge is 0.320 e. The van der Waals surface area contributed by atoms with Crippen LogP contribution in [0.4, 0.5) is 0 Å². The van der Waals surface area contributed by atoms with E-state index >= 15 is 0 Å². The molecule has 4 N–H and O–H groups in total. The second-order valence-corrected chi connectivity index (χ2v) is 3.99. The Morgan fingerprint density at radius 3 is 2.67 bits per heavy atom. The molecule has 5 heteroatoms. The van der Waals surface area contributed by atoms with E-state index in [1.807, 2.05) is 31.2 Å². The second-order valence-electron chi connectivity index (χ2n) is 3.99. The van der Waals surface area contributed by atoms with Crippen molar-refractivity contribution in [3.05, 3.63) is 29.8 Å². The fourth-order valence-corrected chi connectivity index (χ4v) is 1.48. The van der Waals surface area contributed by atoms with Gasteiger partial charge in [0.15, 0.2) is 0 Å². The lowest BCUT2D eigenvalue weighted by molar-refractivity contribution is -0.138. The Balaban J connectivity index is 2.25. The summed E-state index contributed by atoms with van der Waals surface area (Å²) in [5, 5.41) is 11.8. The molecule has 1 aromatic rings. The predicted octanol–water partition coefficient (Wildman–Crippen LogP) is 0.977. The number of nitrogens with two attached hydrogens (primary N) is 1. The first-order valence-electron chi connectivity index (χ1n) is 6.04. The minimum Gasteiger partial charge on any atom is -0.494 e. The Bertz CT molecular complexity index is 365. The average molecular weight is 252 g/mol. The molecule has 0 heterocycles. The zero-order chi connectivity index (χ0) is 13.4. The number of ether oxygens (including phenoxy) is 1. The van der Waals surface area contributed by atoms with Crippen molar-refractivity contribution in [1.82, 2.24) is 5.32 Å². The van der Waals surface area contributed by atoms with E-state index in [1.165, 1.54) is 0 Å². The van der Waals surface area contributed by atoms with E-state index in [0.717, 1.165) is 11.3 Å². The van der Waals surface area contributed by atoms with Crippen molar-refractivity contribution in [2.24, 2.45) is 5.73 Å². The maximum Gasteiger partial charge on any atom is 0.320 e. The van der Waals surface area contributed by atoms with Crippen LogP contribution in [0.25, 0.3) is 0 Å². The summed E-state index contributed by atoms with van der Waals surface area (Å²) >= 11 is 0. The summed E-state index contributed by atoms with van der Waals surface area (Å²) in [5.74, 6) is -0.105. The number of benzene rings is 1. The van der Waals surface area contributed by atoms with E-state index in [9.17, 15) is 4.79 Å². The highest BCUT2D eigenvalue weighted by molar-refractivity contribution is 5.72. The first-order chi connectivity index (χ1) is 8.63. The minimum absolute atomic E-state index is 0.423. The van der Waals surface area contributed by atoms with Crippen LogP contribution in [-0.4, -0.2) is 30.3 Å². The highest BCUT2D eigenvalue weighted by Gasteiger charge is 2.09. The first-order valence-corrected chi connectivity index (χ1v) is 6.04. The molecule has 1 rings (SSSR count). The molecule has 0 aliphatic rings. The van der Waals surface area contributed by atoms with Crippen LogP contribution in [-0.2, 0) is 11.3 Å². The monoisotopic (exact) mass is 252 g/mol. The van der Waals surface area contributed by atoms with E-state index in [2.05, 4.69) is 5.32 Å². The molecule has 0 amide bonds. The largest absolute Gasteiger partial charge is 0.494 e. The van der Waals surface area contributed by atoms with Gasteiger partial charge in [-0.1, -0.05) is 12.1 Å². The van der Waals surface area contributed by atoms with Crippen LogP contribution >= 0.6 is 0 Å². The Kier molecular flexibility index (Phi) is 6.18. The lowest BCUT2D eigenvalue weighted by Gasteiger charge is -2.08. The number of hydrogen-bond acceptors (Lipinski definition) is 4. The molecule has 0 spiro atoms. The van der Waals surface area contributed by atoms with Gasteiger partial charge in [0, 0.05) is 6.54 Å². The lowest BCUT2D eigenvalue weighted by atomic mass is 10.2. The van der Waals surface area contributed by atoms with Gasteiger partial charge in [-0.15, -0.1) is 0 Å².